The van der Waals surface area contributed by atoms with Crippen LogP contribution in [0.2, 0.25) is 0 Å². The highest BCUT2D eigenvalue weighted by molar-refractivity contribution is 6.15. The Kier molecular flexibility index (Phi) is 5.81. The van der Waals surface area contributed by atoms with E-state index in [0.29, 0.717) is 5.89 Å². The van der Waals surface area contributed by atoms with Crippen molar-refractivity contribution in [3.05, 3.63) is 158 Å². The van der Waals surface area contributed by atoms with Crippen molar-refractivity contribution >= 4 is 72.0 Å². The Hall–Kier alpha value is -6.59. The third-order valence-electron chi connectivity index (χ3n) is 9.10. The zero-order valence-electron chi connectivity index (χ0n) is 25.6. The third-order valence-corrected chi connectivity index (χ3v) is 9.10. The molecule has 0 N–H and O–H groups in total. The second-order valence-electron chi connectivity index (χ2n) is 11.9. The van der Waals surface area contributed by atoms with E-state index in [-0.39, 0.29) is 0 Å². The molecule has 0 saturated heterocycles. The number of rotatable bonds is 5. The molecule has 10 rings (SSSR count). The molecule has 0 saturated carbocycles. The van der Waals surface area contributed by atoms with Crippen LogP contribution in [0.5, 0.6) is 0 Å². The van der Waals surface area contributed by atoms with Gasteiger partial charge in [0.05, 0.1) is 11.1 Å². The Morgan fingerprint density at radius 1 is 0.417 bits per heavy atom. The number of furan rings is 2. The number of benzene rings is 7. The van der Waals surface area contributed by atoms with E-state index in [2.05, 4.69) is 95.9 Å². The zero-order valence-corrected chi connectivity index (χ0v) is 25.6. The first kappa shape index (κ1) is 26.6. The largest absolute Gasteiger partial charge is 0.456 e. The number of oxazole rings is 1. The Labute approximate surface area is 274 Å². The minimum Gasteiger partial charge on any atom is -0.456 e. The van der Waals surface area contributed by atoms with Gasteiger partial charge in [-0.1, -0.05) is 84.9 Å². The lowest BCUT2D eigenvalue weighted by Crippen LogP contribution is -2.10. The molecule has 0 amide bonds. The molecule has 0 bridgehead atoms. The van der Waals surface area contributed by atoms with E-state index in [4.69, 9.17) is 18.2 Å². The molecular formula is C43H26N2O3. The van der Waals surface area contributed by atoms with Crippen molar-refractivity contribution in [2.75, 3.05) is 4.90 Å². The van der Waals surface area contributed by atoms with Gasteiger partial charge in [0.25, 0.3) is 0 Å². The summed E-state index contributed by atoms with van der Waals surface area (Å²) in [4.78, 5) is 7.10. The molecular weight excluding hydrogens is 592 g/mol. The van der Waals surface area contributed by atoms with Crippen LogP contribution in [0.1, 0.15) is 0 Å². The highest BCUT2D eigenvalue weighted by Crippen LogP contribution is 2.45. The summed E-state index contributed by atoms with van der Waals surface area (Å²) in [6.45, 7) is 0. The molecule has 0 fully saturated rings. The first-order valence-corrected chi connectivity index (χ1v) is 16.0. The van der Waals surface area contributed by atoms with E-state index in [1.165, 1.54) is 0 Å². The second kappa shape index (κ2) is 10.5. The molecule has 226 valence electrons. The fraction of sp³-hybridized carbons (Fsp3) is 0. The van der Waals surface area contributed by atoms with Crippen LogP contribution in [-0.4, -0.2) is 4.98 Å². The maximum absolute atomic E-state index is 6.57. The summed E-state index contributed by atoms with van der Waals surface area (Å²) in [7, 11) is 0. The first-order chi connectivity index (χ1) is 23.8. The number of anilines is 3. The van der Waals surface area contributed by atoms with Crippen LogP contribution in [0.25, 0.3) is 77.6 Å². The van der Waals surface area contributed by atoms with Crippen LogP contribution < -0.4 is 4.90 Å². The quantitative estimate of drug-likeness (QED) is 0.192. The first-order valence-electron chi connectivity index (χ1n) is 16.0. The van der Waals surface area contributed by atoms with E-state index in [1.807, 2.05) is 66.7 Å². The van der Waals surface area contributed by atoms with E-state index in [0.717, 1.165) is 88.7 Å². The van der Waals surface area contributed by atoms with Gasteiger partial charge in [0.15, 0.2) is 5.58 Å². The molecule has 3 aromatic heterocycles. The standard InChI is InChI=1S/C43H26N2O3/c1-2-11-27(12-3-1)28-13-8-14-29(25-28)45(35-18-10-22-39-42(35)31-15-4-6-19-36(31)46-39)30-23-24-32-40(26-30)47-38-21-9-16-33(41(32)38)43-44-34-17-5-7-20-37(34)48-43/h1-26H. The predicted octanol–water partition coefficient (Wildman–Crippen LogP) is 12.4. The number of para-hydroxylation sites is 3. The van der Waals surface area contributed by atoms with Crippen LogP contribution in [0.4, 0.5) is 17.1 Å². The summed E-state index contributed by atoms with van der Waals surface area (Å²) in [6.07, 6.45) is 0. The summed E-state index contributed by atoms with van der Waals surface area (Å²) in [6, 6.07) is 53.9. The fourth-order valence-electron chi connectivity index (χ4n) is 6.94. The minimum absolute atomic E-state index is 0.575. The molecule has 10 aromatic rings. The molecule has 7 aromatic carbocycles. The van der Waals surface area contributed by atoms with Crippen molar-refractivity contribution in [3.63, 3.8) is 0 Å². The van der Waals surface area contributed by atoms with Crippen LogP contribution in [0.15, 0.2) is 171 Å². The number of aromatic nitrogens is 1. The van der Waals surface area contributed by atoms with Gasteiger partial charge in [-0.25, -0.2) is 4.98 Å². The summed E-state index contributed by atoms with van der Waals surface area (Å²) in [5.41, 5.74) is 11.0. The van der Waals surface area contributed by atoms with Crippen LogP contribution in [0.3, 0.4) is 0 Å². The van der Waals surface area contributed by atoms with Crippen molar-refractivity contribution in [1.82, 2.24) is 4.98 Å². The molecule has 0 spiro atoms. The van der Waals surface area contributed by atoms with Gasteiger partial charge in [-0.05, 0) is 77.9 Å². The maximum Gasteiger partial charge on any atom is 0.228 e. The Balaban J connectivity index is 1.20. The van der Waals surface area contributed by atoms with Gasteiger partial charge in [-0.15, -0.1) is 0 Å². The lowest BCUT2D eigenvalue weighted by molar-refractivity contribution is 0.620. The molecule has 3 heterocycles. The average molecular weight is 619 g/mol. The Morgan fingerprint density at radius 2 is 1.08 bits per heavy atom. The smallest absolute Gasteiger partial charge is 0.228 e. The second-order valence-corrected chi connectivity index (χ2v) is 11.9. The van der Waals surface area contributed by atoms with Gasteiger partial charge >= 0.3 is 0 Å². The highest BCUT2D eigenvalue weighted by atomic mass is 16.4. The van der Waals surface area contributed by atoms with Crippen molar-refractivity contribution in [3.8, 4) is 22.6 Å². The van der Waals surface area contributed by atoms with Crippen molar-refractivity contribution < 1.29 is 13.3 Å². The molecule has 0 aliphatic carbocycles. The molecule has 48 heavy (non-hydrogen) atoms. The van der Waals surface area contributed by atoms with Gasteiger partial charge in [0, 0.05) is 39.2 Å². The molecule has 0 radical (unpaired) electrons. The highest BCUT2D eigenvalue weighted by Gasteiger charge is 2.22. The number of hydrogen-bond donors (Lipinski definition) is 0. The molecule has 0 unspecified atom stereocenters. The van der Waals surface area contributed by atoms with Crippen molar-refractivity contribution in [1.29, 1.82) is 0 Å². The summed E-state index contributed by atoms with van der Waals surface area (Å²) < 4.78 is 19.1. The van der Waals surface area contributed by atoms with Gasteiger partial charge < -0.3 is 18.2 Å². The molecule has 0 aliphatic rings. The van der Waals surface area contributed by atoms with Crippen LogP contribution in [0, 0.1) is 0 Å². The number of nitrogens with zero attached hydrogens (tertiary/aromatic N) is 2. The maximum atomic E-state index is 6.57. The van der Waals surface area contributed by atoms with Crippen molar-refractivity contribution in [2.24, 2.45) is 0 Å². The number of hydrogen-bond acceptors (Lipinski definition) is 5. The van der Waals surface area contributed by atoms with Crippen LogP contribution >= 0.6 is 0 Å². The predicted molar refractivity (Wildman–Crippen MR) is 194 cm³/mol. The van der Waals surface area contributed by atoms with E-state index in [9.17, 15) is 0 Å². The van der Waals surface area contributed by atoms with Gasteiger partial charge in [0.2, 0.25) is 5.89 Å². The molecule has 0 aliphatic heterocycles. The zero-order chi connectivity index (χ0) is 31.6. The molecule has 5 nitrogen and oxygen atoms in total. The molecule has 0 atom stereocenters. The lowest BCUT2D eigenvalue weighted by Gasteiger charge is -2.26. The summed E-state index contributed by atoms with van der Waals surface area (Å²) >= 11 is 0. The summed E-state index contributed by atoms with van der Waals surface area (Å²) in [5, 5.41) is 4.10. The Bertz CT molecular complexity index is 2770. The minimum atomic E-state index is 0.575. The van der Waals surface area contributed by atoms with E-state index >= 15 is 0 Å². The van der Waals surface area contributed by atoms with E-state index < -0.39 is 0 Å². The van der Waals surface area contributed by atoms with Crippen molar-refractivity contribution in [2.45, 2.75) is 0 Å². The van der Waals surface area contributed by atoms with Crippen LogP contribution in [-0.2, 0) is 0 Å². The summed E-state index contributed by atoms with van der Waals surface area (Å²) in [5.74, 6) is 0.575. The topological polar surface area (TPSA) is 55.6 Å². The van der Waals surface area contributed by atoms with Gasteiger partial charge in [0.1, 0.15) is 27.8 Å². The monoisotopic (exact) mass is 618 g/mol. The lowest BCUT2D eigenvalue weighted by atomic mass is 10.0. The van der Waals surface area contributed by atoms with E-state index in [1.54, 1.807) is 0 Å². The Morgan fingerprint density at radius 3 is 1.98 bits per heavy atom. The number of fused-ring (bicyclic) bond motifs is 7. The average Bonchev–Trinajstić information content (AvgIpc) is 3.85. The normalized spacial score (nSPS) is 11.8. The third kappa shape index (κ3) is 4.15. The SMILES string of the molecule is c1ccc(-c2cccc(N(c3ccc4c(c3)oc3cccc(-c5nc6ccccc6o5)c34)c3cccc4oc5ccccc5c34)c2)cc1. The molecule has 5 heteroatoms. The van der Waals surface area contributed by atoms with Gasteiger partial charge in [-0.2, -0.15) is 0 Å². The van der Waals surface area contributed by atoms with Gasteiger partial charge in [-0.3, -0.25) is 0 Å². The fourth-order valence-corrected chi connectivity index (χ4v) is 6.94.